The van der Waals surface area contributed by atoms with E-state index in [9.17, 15) is 15.4 Å². The van der Waals surface area contributed by atoms with Gasteiger partial charge in [-0.2, -0.15) is 5.26 Å². The average molecular weight is 337 g/mol. The lowest BCUT2D eigenvalue weighted by Crippen LogP contribution is -2.28. The Bertz CT molecular complexity index is 567. The normalized spacial score (nSPS) is 25.9. The number of nitrogens with zero attached hydrogens (tertiary/aromatic N) is 2. The Morgan fingerprint density at radius 2 is 2.35 bits per heavy atom. The number of hydrogen-bond donors (Lipinski definition) is 0. The Labute approximate surface area is 127 Å². The first-order valence-electron chi connectivity index (χ1n) is 6.80. The quantitative estimate of drug-likeness (QED) is 0.597. The van der Waals surface area contributed by atoms with E-state index in [2.05, 4.69) is 28.9 Å². The van der Waals surface area contributed by atoms with Gasteiger partial charge >= 0.3 is 0 Å². The van der Waals surface area contributed by atoms with Crippen molar-refractivity contribution < 1.29 is 4.92 Å². The van der Waals surface area contributed by atoms with Crippen LogP contribution in [0.15, 0.2) is 22.7 Å². The second-order valence-electron chi connectivity index (χ2n) is 5.80. The lowest BCUT2D eigenvalue weighted by atomic mass is 9.68. The molecular formula is C15H17BrN2O2. The van der Waals surface area contributed by atoms with Crippen LogP contribution in [0.2, 0.25) is 0 Å². The summed E-state index contributed by atoms with van der Waals surface area (Å²) in [4.78, 5) is 10.3. The summed E-state index contributed by atoms with van der Waals surface area (Å²) in [5.41, 5.74) is 0.728. The number of halogens is 1. The van der Waals surface area contributed by atoms with Crippen molar-refractivity contribution in [2.75, 3.05) is 0 Å². The van der Waals surface area contributed by atoms with E-state index in [1.165, 1.54) is 18.6 Å². The summed E-state index contributed by atoms with van der Waals surface area (Å²) in [5, 5.41) is 20.3. The van der Waals surface area contributed by atoms with Crippen molar-refractivity contribution in [3.63, 3.8) is 0 Å². The standard InChI is InChI=1S/C15H17BrN2O2/c1-11-3-2-6-15(8-11,10-17)9-12-4-5-13(18(19)20)7-14(12)16/h4-5,7,11H,2-3,6,8-9H2,1H3. The molecule has 0 N–H and O–H groups in total. The third-order valence-corrected chi connectivity index (χ3v) is 4.84. The van der Waals surface area contributed by atoms with Gasteiger partial charge in [-0.05, 0) is 30.7 Å². The van der Waals surface area contributed by atoms with Crippen LogP contribution in [0.25, 0.3) is 0 Å². The van der Waals surface area contributed by atoms with Gasteiger partial charge in [0.05, 0.1) is 16.4 Å². The topological polar surface area (TPSA) is 66.9 Å². The summed E-state index contributed by atoms with van der Waals surface area (Å²) in [6.45, 7) is 2.19. The van der Waals surface area contributed by atoms with E-state index in [4.69, 9.17) is 0 Å². The highest BCUT2D eigenvalue weighted by Gasteiger charge is 2.35. The van der Waals surface area contributed by atoms with Crippen LogP contribution in [0.1, 0.15) is 38.2 Å². The largest absolute Gasteiger partial charge is 0.270 e. The van der Waals surface area contributed by atoms with Gasteiger partial charge in [-0.1, -0.05) is 41.8 Å². The molecule has 0 heterocycles. The molecule has 1 aliphatic rings. The van der Waals surface area contributed by atoms with Crippen molar-refractivity contribution in [2.24, 2.45) is 11.3 Å². The molecule has 20 heavy (non-hydrogen) atoms. The summed E-state index contributed by atoms with van der Waals surface area (Å²) in [6.07, 6.45) is 4.75. The lowest BCUT2D eigenvalue weighted by molar-refractivity contribution is -0.384. The van der Waals surface area contributed by atoms with Crippen LogP contribution in [-0.4, -0.2) is 4.92 Å². The minimum atomic E-state index is -0.405. The SMILES string of the molecule is CC1CCCC(C#N)(Cc2ccc([N+](=O)[O-])cc2Br)C1. The number of nitro groups is 1. The van der Waals surface area contributed by atoms with Crippen molar-refractivity contribution >= 4 is 21.6 Å². The van der Waals surface area contributed by atoms with Gasteiger partial charge in [0.2, 0.25) is 0 Å². The highest BCUT2D eigenvalue weighted by atomic mass is 79.9. The zero-order valence-corrected chi connectivity index (χ0v) is 13.0. The Morgan fingerprint density at radius 3 is 2.90 bits per heavy atom. The van der Waals surface area contributed by atoms with Crippen LogP contribution in [-0.2, 0) is 6.42 Å². The van der Waals surface area contributed by atoms with Gasteiger partial charge in [-0.15, -0.1) is 0 Å². The molecule has 0 aliphatic heterocycles. The molecule has 0 aromatic heterocycles. The number of nitro benzene ring substituents is 1. The molecule has 1 aromatic carbocycles. The number of non-ortho nitro benzene ring substituents is 1. The molecule has 1 saturated carbocycles. The first kappa shape index (κ1) is 15.0. The van der Waals surface area contributed by atoms with E-state index in [-0.39, 0.29) is 11.1 Å². The maximum Gasteiger partial charge on any atom is 0.270 e. The molecule has 4 nitrogen and oxygen atoms in total. The van der Waals surface area contributed by atoms with E-state index in [1.54, 1.807) is 6.07 Å². The zero-order valence-electron chi connectivity index (χ0n) is 11.4. The minimum absolute atomic E-state index is 0.0728. The smallest absolute Gasteiger partial charge is 0.258 e. The fraction of sp³-hybridized carbons (Fsp3) is 0.533. The summed E-state index contributed by atoms with van der Waals surface area (Å²) in [5.74, 6) is 0.570. The molecule has 1 aliphatic carbocycles. The number of nitriles is 1. The average Bonchev–Trinajstić information content (AvgIpc) is 2.41. The van der Waals surface area contributed by atoms with E-state index in [0.717, 1.165) is 29.3 Å². The predicted octanol–water partition coefficient (Wildman–Crippen LogP) is 4.62. The van der Waals surface area contributed by atoms with E-state index >= 15 is 0 Å². The molecule has 0 amide bonds. The van der Waals surface area contributed by atoms with Gasteiger partial charge in [0.1, 0.15) is 0 Å². The maximum atomic E-state index is 10.7. The number of hydrogen-bond acceptors (Lipinski definition) is 3. The molecule has 2 atom stereocenters. The summed E-state index contributed by atoms with van der Waals surface area (Å²) in [7, 11) is 0. The van der Waals surface area contributed by atoms with E-state index < -0.39 is 4.92 Å². The third kappa shape index (κ3) is 3.18. The molecule has 106 valence electrons. The number of benzene rings is 1. The summed E-state index contributed by atoms with van der Waals surface area (Å²) in [6, 6.07) is 7.30. The first-order chi connectivity index (χ1) is 9.46. The summed E-state index contributed by atoms with van der Waals surface area (Å²) >= 11 is 3.40. The molecule has 5 heteroatoms. The van der Waals surface area contributed by atoms with Crippen molar-refractivity contribution in [3.05, 3.63) is 38.3 Å². The van der Waals surface area contributed by atoms with E-state index in [1.807, 2.05) is 0 Å². The molecule has 0 radical (unpaired) electrons. The molecule has 2 rings (SSSR count). The van der Waals surface area contributed by atoms with Crippen LogP contribution in [0.3, 0.4) is 0 Å². The van der Waals surface area contributed by atoms with Gasteiger partial charge < -0.3 is 0 Å². The molecule has 1 aromatic rings. The van der Waals surface area contributed by atoms with Gasteiger partial charge in [-0.3, -0.25) is 10.1 Å². The van der Waals surface area contributed by atoms with Crippen molar-refractivity contribution in [3.8, 4) is 6.07 Å². The first-order valence-corrected chi connectivity index (χ1v) is 7.59. The van der Waals surface area contributed by atoms with Crippen LogP contribution in [0.4, 0.5) is 5.69 Å². The van der Waals surface area contributed by atoms with Gasteiger partial charge in [0, 0.05) is 16.6 Å². The molecule has 0 spiro atoms. The predicted molar refractivity (Wildman–Crippen MR) is 80.2 cm³/mol. The highest BCUT2D eigenvalue weighted by Crippen LogP contribution is 2.42. The second kappa shape index (κ2) is 5.92. The van der Waals surface area contributed by atoms with Crippen LogP contribution in [0, 0.1) is 32.8 Å². The molecular weight excluding hydrogens is 320 g/mol. The Morgan fingerprint density at radius 1 is 1.60 bits per heavy atom. The third-order valence-electron chi connectivity index (χ3n) is 4.10. The summed E-state index contributed by atoms with van der Waals surface area (Å²) < 4.78 is 0.722. The van der Waals surface area contributed by atoms with Gasteiger partial charge in [0.25, 0.3) is 5.69 Å². The van der Waals surface area contributed by atoms with E-state index in [0.29, 0.717) is 12.3 Å². The van der Waals surface area contributed by atoms with Crippen LogP contribution in [0.5, 0.6) is 0 Å². The van der Waals surface area contributed by atoms with Gasteiger partial charge in [0.15, 0.2) is 0 Å². The molecule has 0 saturated heterocycles. The van der Waals surface area contributed by atoms with Gasteiger partial charge in [-0.25, -0.2) is 0 Å². The molecule has 2 unspecified atom stereocenters. The zero-order chi connectivity index (χ0) is 14.8. The monoisotopic (exact) mass is 336 g/mol. The van der Waals surface area contributed by atoms with Crippen molar-refractivity contribution in [1.29, 1.82) is 5.26 Å². The van der Waals surface area contributed by atoms with Crippen LogP contribution >= 0.6 is 15.9 Å². The molecule has 0 bridgehead atoms. The number of rotatable bonds is 3. The molecule has 1 fully saturated rings. The second-order valence-corrected chi connectivity index (χ2v) is 6.66. The van der Waals surface area contributed by atoms with Crippen molar-refractivity contribution in [1.82, 2.24) is 0 Å². The lowest BCUT2D eigenvalue weighted by Gasteiger charge is -2.34. The highest BCUT2D eigenvalue weighted by molar-refractivity contribution is 9.10. The Balaban J connectivity index is 2.24. The fourth-order valence-corrected chi connectivity index (χ4v) is 3.63. The Hall–Kier alpha value is -1.41. The Kier molecular flexibility index (Phi) is 4.44. The minimum Gasteiger partial charge on any atom is -0.258 e. The maximum absolute atomic E-state index is 10.7. The van der Waals surface area contributed by atoms with Crippen molar-refractivity contribution in [2.45, 2.75) is 39.0 Å². The fourth-order valence-electron chi connectivity index (χ4n) is 3.12. The van der Waals surface area contributed by atoms with Crippen LogP contribution < -0.4 is 0 Å².